The van der Waals surface area contributed by atoms with Crippen molar-refractivity contribution in [2.24, 2.45) is 0 Å². The Kier molecular flexibility index (Phi) is 6.65. The molecule has 2 N–H and O–H groups in total. The average Bonchev–Trinajstić information content (AvgIpc) is 2.56. The van der Waals surface area contributed by atoms with Gasteiger partial charge in [-0.25, -0.2) is 0 Å². The molecule has 1 atom stereocenters. The van der Waals surface area contributed by atoms with Crippen LogP contribution >= 0.6 is 11.8 Å². The number of anilines is 1. The zero-order valence-electron chi connectivity index (χ0n) is 15.0. The Bertz CT molecular complexity index is 742. The first kappa shape index (κ1) is 19.1. The molecule has 0 aliphatic heterocycles. The smallest absolute Gasteiger partial charge is 0.253 e. The Morgan fingerprint density at radius 3 is 2.24 bits per heavy atom. The molecule has 0 heterocycles. The van der Waals surface area contributed by atoms with Crippen LogP contribution in [0.3, 0.4) is 0 Å². The number of benzene rings is 2. The van der Waals surface area contributed by atoms with E-state index < -0.39 is 0 Å². The van der Waals surface area contributed by atoms with Gasteiger partial charge in [0.25, 0.3) is 5.91 Å². The molecule has 0 aliphatic rings. The number of thioether (sulfide) groups is 1. The van der Waals surface area contributed by atoms with E-state index >= 15 is 0 Å². The molecule has 2 aromatic carbocycles. The van der Waals surface area contributed by atoms with Gasteiger partial charge in [-0.3, -0.25) is 9.59 Å². The highest BCUT2D eigenvalue weighted by molar-refractivity contribution is 8.00. The summed E-state index contributed by atoms with van der Waals surface area (Å²) in [4.78, 5) is 25.8. The fraction of sp³-hybridized carbons (Fsp3) is 0.300. The van der Waals surface area contributed by atoms with E-state index in [1.807, 2.05) is 52.0 Å². The van der Waals surface area contributed by atoms with Crippen LogP contribution in [0.1, 0.15) is 36.7 Å². The van der Waals surface area contributed by atoms with Gasteiger partial charge in [-0.1, -0.05) is 29.8 Å². The zero-order chi connectivity index (χ0) is 18.4. The highest BCUT2D eigenvalue weighted by Crippen LogP contribution is 2.25. The van der Waals surface area contributed by atoms with Gasteiger partial charge in [0.2, 0.25) is 5.91 Å². The maximum absolute atomic E-state index is 12.5. The average molecular weight is 356 g/mol. The molecule has 25 heavy (non-hydrogen) atoms. The Hall–Kier alpha value is -2.27. The van der Waals surface area contributed by atoms with Crippen LogP contribution in [0, 0.1) is 6.92 Å². The Morgan fingerprint density at radius 2 is 1.60 bits per heavy atom. The van der Waals surface area contributed by atoms with E-state index in [2.05, 4.69) is 10.6 Å². The predicted octanol–water partition coefficient (Wildman–Crippen LogP) is 4.25. The van der Waals surface area contributed by atoms with Gasteiger partial charge in [-0.05, 0) is 52.0 Å². The number of hydrogen-bond donors (Lipinski definition) is 2. The second-order valence-corrected chi connectivity index (χ2v) is 7.65. The molecule has 0 aromatic heterocycles. The Balaban J connectivity index is 2.07. The third kappa shape index (κ3) is 5.64. The maximum atomic E-state index is 12.5. The molecule has 4 nitrogen and oxygen atoms in total. The lowest BCUT2D eigenvalue weighted by atomic mass is 10.1. The molecule has 132 valence electrons. The van der Waals surface area contributed by atoms with Crippen LogP contribution < -0.4 is 10.6 Å². The first-order valence-corrected chi connectivity index (χ1v) is 9.19. The van der Waals surface area contributed by atoms with Crippen molar-refractivity contribution in [3.05, 3.63) is 59.7 Å². The number of carbonyl (C=O) groups excluding carboxylic acids is 2. The molecule has 0 saturated carbocycles. The first-order valence-electron chi connectivity index (χ1n) is 8.31. The first-order chi connectivity index (χ1) is 11.9. The Morgan fingerprint density at radius 1 is 0.960 bits per heavy atom. The topological polar surface area (TPSA) is 58.2 Å². The van der Waals surface area contributed by atoms with Crippen molar-refractivity contribution in [2.45, 2.75) is 43.9 Å². The number of carbonyl (C=O) groups is 2. The molecule has 0 spiro atoms. The summed E-state index contributed by atoms with van der Waals surface area (Å²) in [5, 5.41) is 5.45. The fourth-order valence-electron chi connectivity index (χ4n) is 2.24. The summed E-state index contributed by atoms with van der Waals surface area (Å²) in [6, 6.07) is 15.2. The van der Waals surface area contributed by atoms with Crippen LogP contribution in [0.2, 0.25) is 0 Å². The largest absolute Gasteiger partial charge is 0.350 e. The van der Waals surface area contributed by atoms with Crippen molar-refractivity contribution in [2.75, 3.05) is 5.32 Å². The van der Waals surface area contributed by atoms with Gasteiger partial charge < -0.3 is 10.6 Å². The van der Waals surface area contributed by atoms with Crippen LogP contribution in [0.15, 0.2) is 53.4 Å². The zero-order valence-corrected chi connectivity index (χ0v) is 15.8. The lowest BCUT2D eigenvalue weighted by Crippen LogP contribution is -2.31. The van der Waals surface area contributed by atoms with E-state index in [0.29, 0.717) is 11.3 Å². The molecule has 0 saturated heterocycles. The number of para-hydroxylation sites is 1. The highest BCUT2D eigenvalue weighted by atomic mass is 32.2. The van der Waals surface area contributed by atoms with Gasteiger partial charge in [0.15, 0.2) is 0 Å². The van der Waals surface area contributed by atoms with E-state index in [1.165, 1.54) is 17.3 Å². The molecular formula is C20H24N2O2S. The van der Waals surface area contributed by atoms with Gasteiger partial charge in [0.1, 0.15) is 0 Å². The van der Waals surface area contributed by atoms with Gasteiger partial charge in [-0.2, -0.15) is 0 Å². The lowest BCUT2D eigenvalue weighted by molar-refractivity contribution is -0.115. The maximum Gasteiger partial charge on any atom is 0.253 e. The third-order valence-electron chi connectivity index (χ3n) is 3.55. The van der Waals surface area contributed by atoms with Crippen molar-refractivity contribution >= 4 is 29.3 Å². The van der Waals surface area contributed by atoms with Crippen LogP contribution in [-0.2, 0) is 4.79 Å². The fourth-order valence-corrected chi connectivity index (χ4v) is 3.11. The van der Waals surface area contributed by atoms with E-state index in [9.17, 15) is 9.59 Å². The standard InChI is InChI=1S/C20H24N2O2S/c1-13(2)21-20(24)17-7-5-6-8-18(17)22-19(23)15(4)25-16-11-9-14(3)10-12-16/h5-13,15H,1-4H3,(H,21,24)(H,22,23)/t15-/m0/s1. The summed E-state index contributed by atoms with van der Waals surface area (Å²) >= 11 is 1.49. The molecular weight excluding hydrogens is 332 g/mol. The van der Waals surface area contributed by atoms with E-state index in [0.717, 1.165) is 4.90 Å². The predicted molar refractivity (Wildman–Crippen MR) is 104 cm³/mol. The third-order valence-corrected chi connectivity index (χ3v) is 4.66. The summed E-state index contributed by atoms with van der Waals surface area (Å²) in [7, 11) is 0. The normalized spacial score (nSPS) is 11.9. The summed E-state index contributed by atoms with van der Waals surface area (Å²) in [6.07, 6.45) is 0. The van der Waals surface area contributed by atoms with Crippen molar-refractivity contribution < 1.29 is 9.59 Å². The SMILES string of the molecule is Cc1ccc(S[C@@H](C)C(=O)Nc2ccccc2C(=O)NC(C)C)cc1. The molecule has 2 rings (SSSR count). The summed E-state index contributed by atoms with van der Waals surface area (Å²) < 4.78 is 0. The molecule has 0 radical (unpaired) electrons. The van der Waals surface area contributed by atoms with Crippen LogP contribution in [-0.4, -0.2) is 23.1 Å². The summed E-state index contributed by atoms with van der Waals surface area (Å²) in [5.74, 6) is -0.319. The van der Waals surface area contributed by atoms with Crippen LogP contribution in [0.4, 0.5) is 5.69 Å². The molecule has 2 amide bonds. The number of aryl methyl sites for hydroxylation is 1. The van der Waals surface area contributed by atoms with Crippen molar-refractivity contribution in [3.8, 4) is 0 Å². The second kappa shape index (κ2) is 8.72. The van der Waals surface area contributed by atoms with Gasteiger partial charge in [0, 0.05) is 10.9 Å². The molecule has 0 bridgehead atoms. The quantitative estimate of drug-likeness (QED) is 0.761. The summed E-state index contributed by atoms with van der Waals surface area (Å²) in [6.45, 7) is 7.69. The van der Waals surface area contributed by atoms with Gasteiger partial charge in [0.05, 0.1) is 16.5 Å². The minimum atomic E-state index is -0.274. The number of nitrogens with one attached hydrogen (secondary N) is 2. The minimum Gasteiger partial charge on any atom is -0.350 e. The molecule has 5 heteroatoms. The van der Waals surface area contributed by atoms with Gasteiger partial charge in [-0.15, -0.1) is 11.8 Å². The highest BCUT2D eigenvalue weighted by Gasteiger charge is 2.18. The number of rotatable bonds is 6. The monoisotopic (exact) mass is 356 g/mol. The van der Waals surface area contributed by atoms with Crippen molar-refractivity contribution in [1.29, 1.82) is 0 Å². The summed E-state index contributed by atoms with van der Waals surface area (Å²) in [5.41, 5.74) is 2.19. The van der Waals surface area contributed by atoms with Crippen LogP contribution in [0.5, 0.6) is 0 Å². The van der Waals surface area contributed by atoms with E-state index in [1.54, 1.807) is 24.3 Å². The molecule has 2 aromatic rings. The van der Waals surface area contributed by atoms with Crippen LogP contribution in [0.25, 0.3) is 0 Å². The number of amides is 2. The number of hydrogen-bond acceptors (Lipinski definition) is 3. The van der Waals surface area contributed by atoms with Crippen molar-refractivity contribution in [1.82, 2.24) is 5.32 Å². The van der Waals surface area contributed by atoms with Gasteiger partial charge >= 0.3 is 0 Å². The van der Waals surface area contributed by atoms with E-state index in [4.69, 9.17) is 0 Å². The molecule has 0 aliphatic carbocycles. The second-order valence-electron chi connectivity index (χ2n) is 6.24. The van der Waals surface area contributed by atoms with Crippen molar-refractivity contribution in [3.63, 3.8) is 0 Å². The van der Waals surface area contributed by atoms with E-state index in [-0.39, 0.29) is 23.1 Å². The molecule has 0 fully saturated rings. The minimum absolute atomic E-state index is 0.0345. The Labute approximate surface area is 153 Å². The molecule has 0 unspecified atom stereocenters. The lowest BCUT2D eigenvalue weighted by Gasteiger charge is -2.15.